The van der Waals surface area contributed by atoms with Crippen LogP contribution in [0.1, 0.15) is 24.0 Å². The zero-order valence-corrected chi connectivity index (χ0v) is 18.3. The van der Waals surface area contributed by atoms with E-state index in [0.717, 1.165) is 42.7 Å². The van der Waals surface area contributed by atoms with Crippen LogP contribution in [0.3, 0.4) is 0 Å². The number of benzodiazepines with no additional fused rings is 1. The van der Waals surface area contributed by atoms with Gasteiger partial charge in [-0.05, 0) is 49.8 Å². The van der Waals surface area contributed by atoms with Crippen molar-refractivity contribution >= 4 is 46.2 Å². The Balaban J connectivity index is 1.67. The van der Waals surface area contributed by atoms with E-state index >= 15 is 0 Å². The molecule has 2 heterocycles. The molecule has 0 radical (unpaired) electrons. The zero-order chi connectivity index (χ0) is 21.1. The molecule has 2 aromatic carbocycles. The summed E-state index contributed by atoms with van der Waals surface area (Å²) in [6.07, 6.45) is 1.29. The number of fused-ring (bicyclic) bond motifs is 1. The quantitative estimate of drug-likeness (QED) is 0.639. The van der Waals surface area contributed by atoms with Gasteiger partial charge in [0.25, 0.3) is 5.91 Å². The van der Waals surface area contributed by atoms with Crippen LogP contribution in [0.4, 0.5) is 5.69 Å². The van der Waals surface area contributed by atoms with Gasteiger partial charge in [-0.1, -0.05) is 41.9 Å². The third kappa shape index (κ3) is 4.48. The fraction of sp³-hybridized carbons (Fsp3) is 0.318. The number of benzene rings is 2. The predicted octanol–water partition coefficient (Wildman–Crippen LogP) is 2.70. The highest BCUT2D eigenvalue weighted by Crippen LogP contribution is 2.29. The molecule has 30 heavy (non-hydrogen) atoms. The third-order valence-electron chi connectivity index (χ3n) is 5.34. The second kappa shape index (κ2) is 9.12. The summed E-state index contributed by atoms with van der Waals surface area (Å²) in [5.41, 5.74) is 3.17. The summed E-state index contributed by atoms with van der Waals surface area (Å²) >= 11 is 11.8. The van der Waals surface area contributed by atoms with Gasteiger partial charge in [0.2, 0.25) is 6.17 Å². The summed E-state index contributed by atoms with van der Waals surface area (Å²) in [5, 5.41) is 10.8. The van der Waals surface area contributed by atoms with Crippen LogP contribution in [0.25, 0.3) is 0 Å². The number of amides is 1. The molecule has 2 aromatic rings. The highest BCUT2D eigenvalue weighted by Gasteiger charge is 2.31. The molecule has 0 spiro atoms. The number of hydrogen-bond acceptors (Lipinski definition) is 4. The molecule has 1 saturated heterocycles. The normalized spacial score (nSPS) is 21.3. The topological polar surface area (TPSA) is 68.8 Å². The van der Waals surface area contributed by atoms with E-state index in [1.54, 1.807) is 18.0 Å². The van der Waals surface area contributed by atoms with Gasteiger partial charge in [0, 0.05) is 35.8 Å². The van der Waals surface area contributed by atoms with Crippen LogP contribution in [0, 0.1) is 0 Å². The average Bonchev–Trinajstić information content (AvgIpc) is 2.85. The summed E-state index contributed by atoms with van der Waals surface area (Å²) in [6, 6.07) is 15.5. The minimum Gasteiger partial charge on any atom is -0.359 e. The van der Waals surface area contributed by atoms with Gasteiger partial charge in [0.1, 0.15) is 0 Å². The van der Waals surface area contributed by atoms with Gasteiger partial charge in [0.05, 0.1) is 11.4 Å². The first-order valence-corrected chi connectivity index (χ1v) is 10.8. The Bertz CT molecular complexity index is 975. The Morgan fingerprint density at radius 2 is 2.03 bits per heavy atom. The van der Waals surface area contributed by atoms with Crippen molar-refractivity contribution in [3.05, 3.63) is 64.7 Å². The molecule has 2 aliphatic heterocycles. The maximum atomic E-state index is 13.2. The van der Waals surface area contributed by atoms with Gasteiger partial charge in [-0.25, -0.2) is 4.99 Å². The third-order valence-corrected chi connectivity index (χ3v) is 5.82. The van der Waals surface area contributed by atoms with Gasteiger partial charge in [-0.2, -0.15) is 0 Å². The Hall–Kier alpha value is -2.48. The van der Waals surface area contributed by atoms with Gasteiger partial charge in [-0.3, -0.25) is 4.79 Å². The molecule has 0 aromatic heterocycles. The lowest BCUT2D eigenvalue weighted by molar-refractivity contribution is -0.119. The molecular weight excluding hydrogens is 418 g/mol. The highest BCUT2D eigenvalue weighted by atomic mass is 35.5. The zero-order valence-electron chi connectivity index (χ0n) is 16.7. The molecule has 1 amide bonds. The first-order valence-electron chi connectivity index (χ1n) is 10.0. The lowest BCUT2D eigenvalue weighted by Crippen LogP contribution is -2.53. The molecule has 0 saturated carbocycles. The summed E-state index contributed by atoms with van der Waals surface area (Å²) in [4.78, 5) is 19.6. The molecule has 4 rings (SSSR count). The SMILES string of the molecule is CN1C(=O)C(NC(=S)NC2CCCNC2)N=C(c2ccccc2)c2cc(Cl)ccc21. The Labute approximate surface area is 186 Å². The lowest BCUT2D eigenvalue weighted by atomic mass is 10.0. The maximum Gasteiger partial charge on any atom is 0.272 e. The molecular formula is C22H24ClN5OS. The number of anilines is 1. The van der Waals surface area contributed by atoms with Crippen molar-refractivity contribution in [1.82, 2.24) is 16.0 Å². The molecule has 3 N–H and O–H groups in total. The van der Waals surface area contributed by atoms with Crippen LogP contribution < -0.4 is 20.9 Å². The van der Waals surface area contributed by atoms with E-state index in [9.17, 15) is 4.79 Å². The largest absolute Gasteiger partial charge is 0.359 e. The van der Waals surface area contributed by atoms with Gasteiger partial charge in [0.15, 0.2) is 5.11 Å². The van der Waals surface area contributed by atoms with Crippen molar-refractivity contribution in [2.45, 2.75) is 25.0 Å². The molecule has 2 unspecified atom stereocenters. The first-order chi connectivity index (χ1) is 14.5. The lowest BCUT2D eigenvalue weighted by Gasteiger charge is -2.27. The molecule has 2 atom stereocenters. The number of hydrogen-bond donors (Lipinski definition) is 3. The van der Waals surface area contributed by atoms with E-state index in [2.05, 4.69) is 16.0 Å². The standard InChI is InChI=1S/C22H24ClN5OS/c1-28-18-10-9-15(23)12-17(18)19(14-6-3-2-4-7-14)26-20(21(28)29)27-22(30)25-16-8-5-11-24-13-16/h2-4,6-7,9-10,12,16,20,24H,5,8,11,13H2,1H3,(H2,25,27,30). The van der Waals surface area contributed by atoms with Gasteiger partial charge >= 0.3 is 0 Å². The average molecular weight is 442 g/mol. The minimum atomic E-state index is -0.840. The van der Waals surface area contributed by atoms with E-state index in [1.165, 1.54) is 0 Å². The Morgan fingerprint density at radius 1 is 1.23 bits per heavy atom. The number of nitrogens with one attached hydrogen (secondary N) is 3. The number of thiocarbonyl (C=S) groups is 1. The number of halogens is 1. The predicted molar refractivity (Wildman–Crippen MR) is 125 cm³/mol. The Kier molecular flexibility index (Phi) is 6.32. The molecule has 0 aliphatic carbocycles. The van der Waals surface area contributed by atoms with Gasteiger partial charge < -0.3 is 20.9 Å². The van der Waals surface area contributed by atoms with E-state index < -0.39 is 6.17 Å². The van der Waals surface area contributed by atoms with Crippen LogP contribution >= 0.6 is 23.8 Å². The van der Waals surface area contributed by atoms with Crippen molar-refractivity contribution in [3.8, 4) is 0 Å². The van der Waals surface area contributed by atoms with Crippen LogP contribution in [0.2, 0.25) is 5.02 Å². The number of aliphatic imine (C=N–C) groups is 1. The van der Waals surface area contributed by atoms with E-state index in [4.69, 9.17) is 28.8 Å². The van der Waals surface area contributed by atoms with E-state index in [0.29, 0.717) is 15.8 Å². The monoisotopic (exact) mass is 441 g/mol. The van der Waals surface area contributed by atoms with Crippen LogP contribution in [-0.2, 0) is 4.79 Å². The second-order valence-corrected chi connectivity index (χ2v) is 8.31. The van der Waals surface area contributed by atoms with E-state index in [-0.39, 0.29) is 11.9 Å². The Morgan fingerprint density at radius 3 is 2.77 bits per heavy atom. The van der Waals surface area contributed by atoms with Crippen LogP contribution in [0.15, 0.2) is 53.5 Å². The molecule has 6 nitrogen and oxygen atoms in total. The molecule has 156 valence electrons. The summed E-state index contributed by atoms with van der Waals surface area (Å²) in [7, 11) is 1.74. The maximum absolute atomic E-state index is 13.2. The van der Waals surface area contributed by atoms with Crippen molar-refractivity contribution in [2.24, 2.45) is 4.99 Å². The summed E-state index contributed by atoms with van der Waals surface area (Å²) in [6.45, 7) is 1.87. The number of carbonyl (C=O) groups excluding carboxylic acids is 1. The van der Waals surface area contributed by atoms with Crippen LogP contribution in [-0.4, -0.2) is 49.1 Å². The number of likely N-dealkylation sites (N-methyl/N-ethyl adjacent to an activating group) is 1. The highest BCUT2D eigenvalue weighted by molar-refractivity contribution is 7.80. The van der Waals surface area contributed by atoms with Crippen LogP contribution in [0.5, 0.6) is 0 Å². The van der Waals surface area contributed by atoms with E-state index in [1.807, 2.05) is 42.5 Å². The smallest absolute Gasteiger partial charge is 0.272 e. The summed E-state index contributed by atoms with van der Waals surface area (Å²) in [5.74, 6) is -0.185. The minimum absolute atomic E-state index is 0.185. The van der Waals surface area contributed by atoms with Gasteiger partial charge in [-0.15, -0.1) is 0 Å². The fourth-order valence-corrected chi connectivity index (χ4v) is 4.24. The molecule has 2 aliphatic rings. The second-order valence-electron chi connectivity index (χ2n) is 7.47. The first kappa shape index (κ1) is 20.8. The molecule has 1 fully saturated rings. The number of carbonyl (C=O) groups is 1. The molecule has 8 heteroatoms. The molecule has 0 bridgehead atoms. The van der Waals surface area contributed by atoms with Crippen molar-refractivity contribution in [3.63, 3.8) is 0 Å². The number of nitrogens with zero attached hydrogens (tertiary/aromatic N) is 2. The summed E-state index contributed by atoms with van der Waals surface area (Å²) < 4.78 is 0. The van der Waals surface area contributed by atoms with Crippen molar-refractivity contribution in [2.75, 3.05) is 25.0 Å². The number of rotatable bonds is 3. The fourth-order valence-electron chi connectivity index (χ4n) is 3.79. The van der Waals surface area contributed by atoms with Crippen molar-refractivity contribution in [1.29, 1.82) is 0 Å². The number of piperidine rings is 1. The van der Waals surface area contributed by atoms with Crippen molar-refractivity contribution < 1.29 is 4.79 Å².